The van der Waals surface area contributed by atoms with E-state index in [0.29, 0.717) is 18.6 Å². The van der Waals surface area contributed by atoms with Gasteiger partial charge in [0.05, 0.1) is 5.60 Å². The maximum absolute atomic E-state index is 13.0. The molecule has 0 fully saturated rings. The number of ether oxygens (including phenoxy) is 1. The third-order valence-electron chi connectivity index (χ3n) is 2.57. The van der Waals surface area contributed by atoms with Crippen molar-refractivity contribution in [3.05, 3.63) is 35.1 Å². The van der Waals surface area contributed by atoms with Crippen molar-refractivity contribution in [3.63, 3.8) is 0 Å². The summed E-state index contributed by atoms with van der Waals surface area (Å²) >= 11 is 0. The van der Waals surface area contributed by atoms with Gasteiger partial charge in [-0.05, 0) is 31.0 Å². The lowest BCUT2D eigenvalue weighted by molar-refractivity contribution is 0.0209. The Balaban J connectivity index is 2.89. The largest absolute Gasteiger partial charge is 0.385 e. The van der Waals surface area contributed by atoms with Gasteiger partial charge in [0, 0.05) is 20.1 Å². The van der Waals surface area contributed by atoms with Crippen molar-refractivity contribution in [2.75, 3.05) is 13.7 Å². The smallest absolute Gasteiger partial charge is 0.126 e. The summed E-state index contributed by atoms with van der Waals surface area (Å²) in [5.41, 5.74) is 0.303. The molecule has 0 bridgehead atoms. The van der Waals surface area contributed by atoms with Gasteiger partial charge in [-0.3, -0.25) is 0 Å². The second-order valence-corrected chi connectivity index (χ2v) is 3.98. The van der Waals surface area contributed by atoms with E-state index in [9.17, 15) is 9.50 Å². The maximum Gasteiger partial charge on any atom is 0.126 e. The molecule has 0 radical (unpaired) electrons. The molecule has 84 valence electrons. The molecule has 0 saturated heterocycles. The first-order chi connectivity index (χ1) is 6.97. The van der Waals surface area contributed by atoms with Crippen LogP contribution in [-0.2, 0) is 10.3 Å². The predicted molar refractivity (Wildman–Crippen MR) is 57.2 cm³/mol. The van der Waals surface area contributed by atoms with Crippen LogP contribution in [0.2, 0.25) is 0 Å². The molecule has 1 rings (SSSR count). The van der Waals surface area contributed by atoms with Crippen molar-refractivity contribution in [2.45, 2.75) is 25.9 Å². The van der Waals surface area contributed by atoms with Gasteiger partial charge in [0.25, 0.3) is 0 Å². The summed E-state index contributed by atoms with van der Waals surface area (Å²) in [4.78, 5) is 0. The van der Waals surface area contributed by atoms with Crippen molar-refractivity contribution in [2.24, 2.45) is 0 Å². The van der Waals surface area contributed by atoms with E-state index < -0.39 is 5.60 Å². The number of hydrogen-bond donors (Lipinski definition) is 1. The lowest BCUT2D eigenvalue weighted by atomic mass is 9.92. The van der Waals surface area contributed by atoms with Crippen LogP contribution < -0.4 is 0 Å². The first-order valence-corrected chi connectivity index (χ1v) is 4.95. The molecular weight excluding hydrogens is 195 g/mol. The fourth-order valence-electron chi connectivity index (χ4n) is 1.42. The maximum atomic E-state index is 13.0. The Morgan fingerprint density at radius 1 is 1.47 bits per heavy atom. The van der Waals surface area contributed by atoms with Crippen LogP contribution in [0.3, 0.4) is 0 Å². The zero-order valence-corrected chi connectivity index (χ0v) is 9.38. The molecule has 2 nitrogen and oxygen atoms in total. The number of halogens is 1. The molecule has 0 heterocycles. The zero-order valence-electron chi connectivity index (χ0n) is 9.38. The van der Waals surface area contributed by atoms with Gasteiger partial charge in [-0.15, -0.1) is 0 Å². The Morgan fingerprint density at radius 3 is 2.67 bits per heavy atom. The molecule has 1 unspecified atom stereocenters. The Kier molecular flexibility index (Phi) is 3.83. The standard InChI is InChI=1S/C12H17FO2/c1-9-8-10(4-5-11(9)13)12(2,14)6-7-15-3/h4-5,8,14H,6-7H2,1-3H3. The molecule has 0 aromatic heterocycles. The number of hydrogen-bond acceptors (Lipinski definition) is 2. The van der Waals surface area contributed by atoms with Crippen molar-refractivity contribution in [1.29, 1.82) is 0 Å². The van der Waals surface area contributed by atoms with Gasteiger partial charge in [-0.2, -0.15) is 0 Å². The molecule has 1 atom stereocenters. The number of benzene rings is 1. The van der Waals surface area contributed by atoms with E-state index in [2.05, 4.69) is 0 Å². The highest BCUT2D eigenvalue weighted by Crippen LogP contribution is 2.25. The minimum Gasteiger partial charge on any atom is -0.385 e. The van der Waals surface area contributed by atoms with Crippen LogP contribution in [0.15, 0.2) is 18.2 Å². The second-order valence-electron chi connectivity index (χ2n) is 3.98. The third-order valence-corrected chi connectivity index (χ3v) is 2.57. The van der Waals surface area contributed by atoms with Crippen LogP contribution in [0.4, 0.5) is 4.39 Å². The van der Waals surface area contributed by atoms with E-state index in [4.69, 9.17) is 4.74 Å². The average molecular weight is 212 g/mol. The van der Waals surface area contributed by atoms with Crippen LogP contribution in [0.1, 0.15) is 24.5 Å². The fraction of sp³-hybridized carbons (Fsp3) is 0.500. The van der Waals surface area contributed by atoms with E-state index in [1.807, 2.05) is 0 Å². The molecule has 1 aromatic carbocycles. The van der Waals surface area contributed by atoms with E-state index in [1.54, 1.807) is 33.1 Å². The van der Waals surface area contributed by atoms with Gasteiger partial charge in [-0.1, -0.05) is 12.1 Å². The van der Waals surface area contributed by atoms with Crippen LogP contribution in [0.25, 0.3) is 0 Å². The Hall–Kier alpha value is -0.930. The lowest BCUT2D eigenvalue weighted by Gasteiger charge is -2.23. The van der Waals surface area contributed by atoms with Gasteiger partial charge < -0.3 is 9.84 Å². The van der Waals surface area contributed by atoms with E-state index in [0.717, 1.165) is 5.56 Å². The number of aliphatic hydroxyl groups is 1. The summed E-state index contributed by atoms with van der Waals surface area (Å²) in [5, 5.41) is 10.1. The number of aryl methyl sites for hydroxylation is 1. The van der Waals surface area contributed by atoms with Crippen molar-refractivity contribution in [1.82, 2.24) is 0 Å². The highest BCUT2D eigenvalue weighted by molar-refractivity contribution is 5.28. The number of methoxy groups -OCH3 is 1. The van der Waals surface area contributed by atoms with Crippen molar-refractivity contribution in [3.8, 4) is 0 Å². The molecule has 0 amide bonds. The quantitative estimate of drug-likeness (QED) is 0.830. The summed E-state index contributed by atoms with van der Waals surface area (Å²) in [6.45, 7) is 3.87. The van der Waals surface area contributed by atoms with Gasteiger partial charge in [0.2, 0.25) is 0 Å². The summed E-state index contributed by atoms with van der Waals surface area (Å²) in [5.74, 6) is -0.249. The lowest BCUT2D eigenvalue weighted by Crippen LogP contribution is -2.23. The predicted octanol–water partition coefficient (Wildman–Crippen LogP) is 2.38. The van der Waals surface area contributed by atoms with Crippen LogP contribution in [0, 0.1) is 12.7 Å². The van der Waals surface area contributed by atoms with Gasteiger partial charge in [0.1, 0.15) is 5.82 Å². The zero-order chi connectivity index (χ0) is 11.5. The van der Waals surface area contributed by atoms with Crippen LogP contribution >= 0.6 is 0 Å². The highest BCUT2D eigenvalue weighted by atomic mass is 19.1. The van der Waals surface area contributed by atoms with E-state index in [1.165, 1.54) is 6.07 Å². The molecule has 1 N–H and O–H groups in total. The van der Waals surface area contributed by atoms with Gasteiger partial charge >= 0.3 is 0 Å². The highest BCUT2D eigenvalue weighted by Gasteiger charge is 2.23. The number of rotatable bonds is 4. The molecule has 0 aliphatic rings. The molecular formula is C12H17FO2. The van der Waals surface area contributed by atoms with Gasteiger partial charge in [0.15, 0.2) is 0 Å². The monoisotopic (exact) mass is 212 g/mol. The molecule has 3 heteroatoms. The topological polar surface area (TPSA) is 29.5 Å². The van der Waals surface area contributed by atoms with Crippen LogP contribution in [-0.4, -0.2) is 18.8 Å². The van der Waals surface area contributed by atoms with E-state index >= 15 is 0 Å². The molecule has 0 aliphatic heterocycles. The minimum absolute atomic E-state index is 0.249. The molecule has 15 heavy (non-hydrogen) atoms. The first-order valence-electron chi connectivity index (χ1n) is 4.95. The molecule has 0 aliphatic carbocycles. The van der Waals surface area contributed by atoms with Crippen LogP contribution in [0.5, 0.6) is 0 Å². The average Bonchev–Trinajstić information content (AvgIpc) is 2.19. The summed E-state index contributed by atoms with van der Waals surface area (Å²) in [7, 11) is 1.59. The SMILES string of the molecule is COCCC(C)(O)c1ccc(F)c(C)c1. The Bertz CT molecular complexity index is 334. The van der Waals surface area contributed by atoms with Crippen molar-refractivity contribution < 1.29 is 14.2 Å². The molecule has 0 saturated carbocycles. The summed E-state index contributed by atoms with van der Waals surface area (Å²) in [6, 6.07) is 4.66. The third kappa shape index (κ3) is 3.01. The molecule has 0 spiro atoms. The van der Waals surface area contributed by atoms with E-state index in [-0.39, 0.29) is 5.82 Å². The Morgan fingerprint density at radius 2 is 2.13 bits per heavy atom. The fourth-order valence-corrected chi connectivity index (χ4v) is 1.42. The minimum atomic E-state index is -0.964. The van der Waals surface area contributed by atoms with Crippen molar-refractivity contribution >= 4 is 0 Å². The Labute approximate surface area is 89.7 Å². The normalized spacial score (nSPS) is 15.0. The first kappa shape index (κ1) is 12.1. The van der Waals surface area contributed by atoms with Gasteiger partial charge in [-0.25, -0.2) is 4.39 Å². The molecule has 1 aromatic rings. The summed E-state index contributed by atoms with van der Waals surface area (Å²) < 4.78 is 18.0. The summed E-state index contributed by atoms with van der Waals surface area (Å²) in [6.07, 6.45) is 0.495. The second kappa shape index (κ2) is 4.73.